The van der Waals surface area contributed by atoms with Gasteiger partial charge in [0.2, 0.25) is 5.95 Å². The van der Waals surface area contributed by atoms with Crippen LogP contribution in [0.5, 0.6) is 0 Å². The van der Waals surface area contributed by atoms with Gasteiger partial charge >= 0.3 is 0 Å². The first-order valence-electron chi connectivity index (χ1n) is 7.68. The lowest BCUT2D eigenvalue weighted by molar-refractivity contribution is 0.432. The van der Waals surface area contributed by atoms with Crippen molar-refractivity contribution in [2.45, 2.75) is 58.4 Å². The summed E-state index contributed by atoms with van der Waals surface area (Å²) in [5, 5.41) is 3.27. The van der Waals surface area contributed by atoms with Crippen molar-refractivity contribution in [2.24, 2.45) is 0 Å². The molecule has 1 N–H and O–H groups in total. The fraction of sp³-hybridized carbons (Fsp3) is 0.733. The van der Waals surface area contributed by atoms with E-state index in [1.165, 1.54) is 32.1 Å². The molecule has 0 radical (unpaired) electrons. The number of hydrogen-bond donors (Lipinski definition) is 1. The molecule has 0 aromatic carbocycles. The summed E-state index contributed by atoms with van der Waals surface area (Å²) in [6.07, 6.45) is 9.41. The van der Waals surface area contributed by atoms with E-state index in [1.54, 1.807) is 0 Å². The molecular formula is C15H26N4. The molecule has 1 fully saturated rings. The minimum Gasteiger partial charge on any atom is -0.354 e. The van der Waals surface area contributed by atoms with E-state index in [4.69, 9.17) is 0 Å². The Kier molecular flexibility index (Phi) is 5.43. The van der Waals surface area contributed by atoms with Crippen LogP contribution < -0.4 is 10.2 Å². The Hall–Kier alpha value is -1.32. The second-order valence-corrected chi connectivity index (χ2v) is 5.30. The van der Waals surface area contributed by atoms with Crippen LogP contribution in [0.15, 0.2) is 12.3 Å². The lowest BCUT2D eigenvalue weighted by atomic mass is 9.98. The van der Waals surface area contributed by atoms with Crippen LogP contribution in [0, 0.1) is 0 Å². The molecule has 0 spiro atoms. The number of hydrogen-bond acceptors (Lipinski definition) is 4. The fourth-order valence-electron chi connectivity index (χ4n) is 2.77. The second kappa shape index (κ2) is 7.31. The van der Waals surface area contributed by atoms with E-state index in [2.05, 4.69) is 34.0 Å². The monoisotopic (exact) mass is 262 g/mol. The smallest absolute Gasteiger partial charge is 0.224 e. The molecule has 1 aliphatic rings. The predicted molar refractivity (Wildman–Crippen MR) is 80.7 cm³/mol. The van der Waals surface area contributed by atoms with Crippen molar-refractivity contribution in [3.8, 4) is 0 Å². The maximum atomic E-state index is 4.67. The van der Waals surface area contributed by atoms with Gasteiger partial charge in [-0.05, 0) is 38.2 Å². The zero-order chi connectivity index (χ0) is 13.5. The van der Waals surface area contributed by atoms with Crippen molar-refractivity contribution in [1.82, 2.24) is 9.97 Å². The Bertz CT molecular complexity index is 378. The number of nitrogens with zero attached hydrogens (tertiary/aromatic N) is 3. The van der Waals surface area contributed by atoms with Gasteiger partial charge in [0, 0.05) is 25.3 Å². The Morgan fingerprint density at radius 2 is 2.21 bits per heavy atom. The molecule has 1 saturated heterocycles. The van der Waals surface area contributed by atoms with Crippen LogP contribution in [0.25, 0.3) is 0 Å². The van der Waals surface area contributed by atoms with Crippen molar-refractivity contribution in [3.05, 3.63) is 12.3 Å². The van der Waals surface area contributed by atoms with Crippen LogP contribution >= 0.6 is 0 Å². The van der Waals surface area contributed by atoms with E-state index >= 15 is 0 Å². The van der Waals surface area contributed by atoms with E-state index in [0.29, 0.717) is 6.04 Å². The fourth-order valence-corrected chi connectivity index (χ4v) is 2.77. The van der Waals surface area contributed by atoms with Gasteiger partial charge in [-0.15, -0.1) is 0 Å². The number of piperidine rings is 1. The molecule has 0 amide bonds. The maximum Gasteiger partial charge on any atom is 0.224 e. The van der Waals surface area contributed by atoms with Gasteiger partial charge in [-0.25, -0.2) is 4.98 Å². The average Bonchev–Trinajstić information content (AvgIpc) is 2.46. The van der Waals surface area contributed by atoms with Gasteiger partial charge in [-0.1, -0.05) is 20.3 Å². The van der Waals surface area contributed by atoms with Crippen molar-refractivity contribution in [2.75, 3.05) is 23.3 Å². The van der Waals surface area contributed by atoms with E-state index in [0.717, 1.165) is 31.3 Å². The number of nitrogens with one attached hydrogen (secondary N) is 1. The molecule has 1 atom stereocenters. The van der Waals surface area contributed by atoms with E-state index in [1.807, 2.05) is 12.3 Å². The molecule has 4 nitrogen and oxygen atoms in total. The van der Waals surface area contributed by atoms with E-state index in [9.17, 15) is 0 Å². The largest absolute Gasteiger partial charge is 0.354 e. The number of anilines is 2. The molecule has 19 heavy (non-hydrogen) atoms. The first kappa shape index (κ1) is 14.1. The molecule has 1 aromatic rings. The predicted octanol–water partition coefficient (Wildman–Crippen LogP) is 3.46. The van der Waals surface area contributed by atoms with Crippen LogP contribution in [0.2, 0.25) is 0 Å². The topological polar surface area (TPSA) is 41.1 Å². The van der Waals surface area contributed by atoms with Gasteiger partial charge in [0.15, 0.2) is 0 Å². The zero-order valence-electron chi connectivity index (χ0n) is 12.2. The lowest BCUT2D eigenvalue weighted by Crippen LogP contribution is -2.40. The minimum absolute atomic E-state index is 0.660. The zero-order valence-corrected chi connectivity index (χ0v) is 12.2. The normalized spacial score (nSPS) is 19.5. The molecule has 1 aliphatic heterocycles. The van der Waals surface area contributed by atoms with Crippen molar-refractivity contribution >= 4 is 11.8 Å². The summed E-state index contributed by atoms with van der Waals surface area (Å²) in [6.45, 7) is 6.48. The maximum absolute atomic E-state index is 4.67. The summed E-state index contributed by atoms with van der Waals surface area (Å²) in [6, 6.07) is 2.71. The average molecular weight is 262 g/mol. The Balaban J connectivity index is 2.09. The molecule has 4 heteroatoms. The molecule has 106 valence electrons. The summed E-state index contributed by atoms with van der Waals surface area (Å²) < 4.78 is 0. The molecule has 0 aliphatic carbocycles. The van der Waals surface area contributed by atoms with Gasteiger partial charge in [0.1, 0.15) is 5.82 Å². The molecule has 0 bridgehead atoms. The quantitative estimate of drug-likeness (QED) is 0.852. The standard InChI is InChI=1S/C15H26N4/c1-3-7-13-8-5-6-12-19(13)14-9-11-17-15(18-14)16-10-4-2/h9,11,13H,3-8,10,12H2,1-2H3,(H,16,17,18). The summed E-state index contributed by atoms with van der Waals surface area (Å²) in [7, 11) is 0. The Morgan fingerprint density at radius 1 is 1.32 bits per heavy atom. The third-order valence-electron chi connectivity index (χ3n) is 3.72. The second-order valence-electron chi connectivity index (χ2n) is 5.30. The summed E-state index contributed by atoms with van der Waals surface area (Å²) >= 11 is 0. The highest BCUT2D eigenvalue weighted by atomic mass is 15.2. The molecule has 0 saturated carbocycles. The third kappa shape index (κ3) is 3.82. The van der Waals surface area contributed by atoms with Gasteiger partial charge in [0.05, 0.1) is 0 Å². The van der Waals surface area contributed by atoms with E-state index < -0.39 is 0 Å². The third-order valence-corrected chi connectivity index (χ3v) is 3.72. The number of aromatic nitrogens is 2. The van der Waals surface area contributed by atoms with Gasteiger partial charge in [-0.2, -0.15) is 4.98 Å². The summed E-state index contributed by atoms with van der Waals surface area (Å²) in [5.41, 5.74) is 0. The SMILES string of the molecule is CCCNc1nccc(N2CCCCC2CCC)n1. The lowest BCUT2D eigenvalue weighted by Gasteiger charge is -2.36. The first-order chi connectivity index (χ1) is 9.35. The highest BCUT2D eigenvalue weighted by molar-refractivity contribution is 5.43. The van der Waals surface area contributed by atoms with Crippen LogP contribution in [0.3, 0.4) is 0 Å². The summed E-state index contributed by atoms with van der Waals surface area (Å²) in [4.78, 5) is 11.4. The highest BCUT2D eigenvalue weighted by Gasteiger charge is 2.22. The molecule has 1 aromatic heterocycles. The highest BCUT2D eigenvalue weighted by Crippen LogP contribution is 2.26. The Morgan fingerprint density at radius 3 is 3.00 bits per heavy atom. The van der Waals surface area contributed by atoms with Crippen LogP contribution in [-0.4, -0.2) is 29.1 Å². The number of rotatable bonds is 6. The van der Waals surface area contributed by atoms with Crippen molar-refractivity contribution < 1.29 is 0 Å². The molecule has 2 rings (SSSR count). The van der Waals surface area contributed by atoms with Crippen molar-refractivity contribution in [1.29, 1.82) is 0 Å². The first-order valence-corrected chi connectivity index (χ1v) is 7.68. The summed E-state index contributed by atoms with van der Waals surface area (Å²) in [5.74, 6) is 1.85. The Labute approximate surface area is 116 Å². The van der Waals surface area contributed by atoms with Crippen LogP contribution in [0.4, 0.5) is 11.8 Å². The molecule has 1 unspecified atom stereocenters. The molecular weight excluding hydrogens is 236 g/mol. The van der Waals surface area contributed by atoms with Crippen LogP contribution in [0.1, 0.15) is 52.4 Å². The minimum atomic E-state index is 0.660. The van der Waals surface area contributed by atoms with Gasteiger partial charge in [0.25, 0.3) is 0 Å². The molecule has 2 heterocycles. The van der Waals surface area contributed by atoms with Gasteiger partial charge < -0.3 is 10.2 Å². The van der Waals surface area contributed by atoms with Crippen molar-refractivity contribution in [3.63, 3.8) is 0 Å². The van der Waals surface area contributed by atoms with E-state index in [-0.39, 0.29) is 0 Å². The van der Waals surface area contributed by atoms with Crippen LogP contribution in [-0.2, 0) is 0 Å². The van der Waals surface area contributed by atoms with Gasteiger partial charge in [-0.3, -0.25) is 0 Å².